The van der Waals surface area contributed by atoms with Gasteiger partial charge in [-0.1, -0.05) is 6.92 Å². The fourth-order valence-electron chi connectivity index (χ4n) is 4.05. The molecule has 5 nitrogen and oxygen atoms in total. The highest BCUT2D eigenvalue weighted by molar-refractivity contribution is 5.51. The summed E-state index contributed by atoms with van der Waals surface area (Å²) in [6.07, 6.45) is 11.9. The van der Waals surface area contributed by atoms with Gasteiger partial charge in [-0.25, -0.2) is 15.0 Å². The first-order chi connectivity index (χ1) is 11.2. The molecule has 23 heavy (non-hydrogen) atoms. The van der Waals surface area contributed by atoms with Crippen LogP contribution in [-0.2, 0) is 12.8 Å². The maximum Gasteiger partial charge on any atom is 0.135 e. The highest BCUT2D eigenvalue weighted by Crippen LogP contribution is 2.34. The van der Waals surface area contributed by atoms with Crippen LogP contribution in [0, 0.1) is 12.8 Å². The molecule has 122 valence electrons. The van der Waals surface area contributed by atoms with Gasteiger partial charge in [0, 0.05) is 36.7 Å². The quantitative estimate of drug-likeness (QED) is 0.855. The van der Waals surface area contributed by atoms with E-state index in [1.165, 1.54) is 36.3 Å². The van der Waals surface area contributed by atoms with E-state index in [1.807, 2.05) is 19.4 Å². The second kappa shape index (κ2) is 5.95. The molecular weight excluding hydrogens is 286 g/mol. The van der Waals surface area contributed by atoms with E-state index in [2.05, 4.69) is 27.6 Å². The summed E-state index contributed by atoms with van der Waals surface area (Å²) >= 11 is 0. The van der Waals surface area contributed by atoms with Crippen molar-refractivity contribution in [3.63, 3.8) is 0 Å². The number of hydrogen-bond donors (Lipinski definition) is 0. The third kappa shape index (κ3) is 2.73. The Balaban J connectivity index is 1.67. The van der Waals surface area contributed by atoms with Crippen LogP contribution < -0.4 is 4.90 Å². The predicted molar refractivity (Wildman–Crippen MR) is 90.7 cm³/mol. The molecule has 1 saturated heterocycles. The van der Waals surface area contributed by atoms with E-state index in [9.17, 15) is 0 Å². The molecule has 0 saturated carbocycles. The number of piperidine rings is 1. The fraction of sp³-hybridized carbons (Fsp3) is 0.611. The Bertz CT molecular complexity index is 679. The topological polar surface area (TPSA) is 46.8 Å². The maximum absolute atomic E-state index is 4.84. The van der Waals surface area contributed by atoms with E-state index < -0.39 is 0 Å². The van der Waals surface area contributed by atoms with Crippen LogP contribution in [0.3, 0.4) is 0 Å². The van der Waals surface area contributed by atoms with Crippen LogP contribution in [0.15, 0.2) is 18.7 Å². The standard InChI is InChI=1S/C18H25N5/c1-13-7-9-22(11-17(13)23-10-8-19-12-23)18-15-5-3-4-6-16(15)20-14(2)21-18/h8,10,12-13,17H,3-7,9,11H2,1-2H3. The molecule has 1 aliphatic heterocycles. The summed E-state index contributed by atoms with van der Waals surface area (Å²) in [6.45, 7) is 6.48. The van der Waals surface area contributed by atoms with Crippen molar-refractivity contribution < 1.29 is 0 Å². The summed E-state index contributed by atoms with van der Waals surface area (Å²) in [4.78, 5) is 16.3. The van der Waals surface area contributed by atoms with Crippen molar-refractivity contribution in [2.45, 2.75) is 52.0 Å². The number of rotatable bonds is 2. The van der Waals surface area contributed by atoms with Gasteiger partial charge in [-0.15, -0.1) is 0 Å². The second-order valence-electron chi connectivity index (χ2n) is 7.02. The Morgan fingerprint density at radius 2 is 2.04 bits per heavy atom. The zero-order chi connectivity index (χ0) is 15.8. The van der Waals surface area contributed by atoms with Crippen LogP contribution in [0.5, 0.6) is 0 Å². The number of fused-ring (bicyclic) bond motifs is 1. The Morgan fingerprint density at radius 3 is 2.87 bits per heavy atom. The molecule has 2 unspecified atom stereocenters. The lowest BCUT2D eigenvalue weighted by molar-refractivity contribution is 0.297. The van der Waals surface area contributed by atoms with Crippen molar-refractivity contribution in [3.8, 4) is 0 Å². The maximum atomic E-state index is 4.84. The van der Waals surface area contributed by atoms with Gasteiger partial charge in [0.25, 0.3) is 0 Å². The van der Waals surface area contributed by atoms with Gasteiger partial charge < -0.3 is 9.47 Å². The lowest BCUT2D eigenvalue weighted by atomic mass is 9.91. The fourth-order valence-corrected chi connectivity index (χ4v) is 4.05. The van der Waals surface area contributed by atoms with E-state index in [0.717, 1.165) is 31.8 Å². The van der Waals surface area contributed by atoms with Crippen LogP contribution in [0.4, 0.5) is 5.82 Å². The molecule has 1 aliphatic carbocycles. The molecule has 3 heterocycles. The monoisotopic (exact) mass is 311 g/mol. The van der Waals surface area contributed by atoms with E-state index in [4.69, 9.17) is 9.97 Å². The normalized spacial score (nSPS) is 24.5. The minimum Gasteiger partial charge on any atom is -0.354 e. The van der Waals surface area contributed by atoms with Gasteiger partial charge in [0.1, 0.15) is 11.6 Å². The van der Waals surface area contributed by atoms with Gasteiger partial charge in [-0.2, -0.15) is 0 Å². The Kier molecular flexibility index (Phi) is 3.79. The Hall–Kier alpha value is -1.91. The minimum absolute atomic E-state index is 0.473. The summed E-state index contributed by atoms with van der Waals surface area (Å²) in [7, 11) is 0. The first kappa shape index (κ1) is 14.7. The summed E-state index contributed by atoms with van der Waals surface area (Å²) in [5.41, 5.74) is 2.69. The van der Waals surface area contributed by atoms with Crippen LogP contribution in [0.25, 0.3) is 0 Å². The molecule has 0 bridgehead atoms. The Labute approximate surface area is 137 Å². The first-order valence-corrected chi connectivity index (χ1v) is 8.81. The number of nitrogens with zero attached hydrogens (tertiary/aromatic N) is 5. The molecule has 0 radical (unpaired) electrons. The van der Waals surface area contributed by atoms with Gasteiger partial charge in [0.2, 0.25) is 0 Å². The van der Waals surface area contributed by atoms with Gasteiger partial charge in [0.15, 0.2) is 0 Å². The van der Waals surface area contributed by atoms with Crippen molar-refractivity contribution in [1.82, 2.24) is 19.5 Å². The first-order valence-electron chi connectivity index (χ1n) is 8.81. The highest BCUT2D eigenvalue weighted by Gasteiger charge is 2.30. The average Bonchev–Trinajstić information content (AvgIpc) is 3.09. The number of aromatic nitrogens is 4. The molecule has 5 heteroatoms. The third-order valence-electron chi connectivity index (χ3n) is 5.40. The van der Waals surface area contributed by atoms with Crippen molar-refractivity contribution >= 4 is 5.82 Å². The van der Waals surface area contributed by atoms with Gasteiger partial charge in [-0.05, 0) is 44.9 Å². The largest absolute Gasteiger partial charge is 0.354 e. The number of hydrogen-bond acceptors (Lipinski definition) is 4. The molecule has 2 aliphatic rings. The molecule has 0 amide bonds. The second-order valence-corrected chi connectivity index (χ2v) is 7.02. The van der Waals surface area contributed by atoms with Crippen molar-refractivity contribution in [2.75, 3.05) is 18.0 Å². The van der Waals surface area contributed by atoms with Gasteiger partial charge in [0.05, 0.1) is 12.4 Å². The molecular formula is C18H25N5. The molecule has 2 aromatic heterocycles. The van der Waals surface area contributed by atoms with Crippen LogP contribution in [-0.4, -0.2) is 32.6 Å². The van der Waals surface area contributed by atoms with E-state index in [1.54, 1.807) is 0 Å². The molecule has 2 atom stereocenters. The molecule has 1 fully saturated rings. The molecule has 0 N–H and O–H groups in total. The summed E-state index contributed by atoms with van der Waals surface area (Å²) in [5, 5.41) is 0. The summed E-state index contributed by atoms with van der Waals surface area (Å²) in [6, 6.07) is 0.473. The molecule has 0 spiro atoms. The van der Waals surface area contributed by atoms with E-state index in [0.29, 0.717) is 12.0 Å². The lowest BCUT2D eigenvalue weighted by Crippen LogP contribution is -2.41. The van der Waals surface area contributed by atoms with E-state index in [-0.39, 0.29) is 0 Å². The van der Waals surface area contributed by atoms with Crippen LogP contribution >= 0.6 is 0 Å². The zero-order valence-corrected chi connectivity index (χ0v) is 14.1. The van der Waals surface area contributed by atoms with E-state index >= 15 is 0 Å². The number of imidazole rings is 1. The number of anilines is 1. The van der Waals surface area contributed by atoms with Crippen molar-refractivity contribution in [1.29, 1.82) is 0 Å². The minimum atomic E-state index is 0.473. The van der Waals surface area contributed by atoms with Gasteiger partial charge in [-0.3, -0.25) is 0 Å². The summed E-state index contributed by atoms with van der Waals surface area (Å²) in [5.74, 6) is 2.78. The highest BCUT2D eigenvalue weighted by atomic mass is 15.2. The van der Waals surface area contributed by atoms with Gasteiger partial charge >= 0.3 is 0 Å². The van der Waals surface area contributed by atoms with Crippen LogP contribution in [0.1, 0.15) is 49.3 Å². The summed E-state index contributed by atoms with van der Waals surface area (Å²) < 4.78 is 2.26. The Morgan fingerprint density at radius 1 is 1.17 bits per heavy atom. The average molecular weight is 311 g/mol. The molecule has 4 rings (SSSR count). The zero-order valence-electron chi connectivity index (χ0n) is 14.1. The van der Waals surface area contributed by atoms with Crippen molar-refractivity contribution in [2.24, 2.45) is 5.92 Å². The predicted octanol–water partition coefficient (Wildman–Crippen LogP) is 2.95. The SMILES string of the molecule is Cc1nc2c(c(N3CCC(C)C(n4ccnc4)C3)n1)CCCC2. The third-order valence-corrected chi connectivity index (χ3v) is 5.40. The van der Waals surface area contributed by atoms with Crippen LogP contribution in [0.2, 0.25) is 0 Å². The van der Waals surface area contributed by atoms with Crippen molar-refractivity contribution in [3.05, 3.63) is 35.8 Å². The lowest BCUT2D eigenvalue weighted by Gasteiger charge is -2.39. The number of aryl methyl sites for hydroxylation is 2. The molecule has 2 aromatic rings. The molecule has 0 aromatic carbocycles. The smallest absolute Gasteiger partial charge is 0.135 e.